The molecule has 25 heavy (non-hydrogen) atoms. The lowest BCUT2D eigenvalue weighted by Gasteiger charge is -2.46. The molecule has 0 bridgehead atoms. The van der Waals surface area contributed by atoms with Crippen molar-refractivity contribution in [2.24, 2.45) is 0 Å². The van der Waals surface area contributed by atoms with Gasteiger partial charge in [0.25, 0.3) is 0 Å². The number of ether oxygens (including phenoxy) is 1. The Morgan fingerprint density at radius 3 is 2.28 bits per heavy atom. The van der Waals surface area contributed by atoms with Crippen molar-refractivity contribution >= 4 is 29.1 Å². The number of piperidine rings is 1. The molecule has 1 fully saturated rings. The third-order valence-electron chi connectivity index (χ3n) is 4.14. The highest BCUT2D eigenvalue weighted by atomic mass is 35.5. The van der Waals surface area contributed by atoms with Crippen molar-refractivity contribution in [3.63, 3.8) is 0 Å². The first kappa shape index (κ1) is 19.5. The zero-order chi connectivity index (χ0) is 18.8. The topological polar surface area (TPSA) is 79.5 Å². The number of benzene rings is 1. The maximum Gasteiger partial charge on any atom is 0.313 e. The number of hydrogen-bond donors (Lipinski definition) is 3. The van der Waals surface area contributed by atoms with Crippen LogP contribution in [0.25, 0.3) is 0 Å². The van der Waals surface area contributed by atoms with Gasteiger partial charge in [0.15, 0.2) is 0 Å². The fourth-order valence-electron chi connectivity index (χ4n) is 3.61. The van der Waals surface area contributed by atoms with Crippen LogP contribution in [0.1, 0.15) is 40.5 Å². The molecule has 3 N–H and O–H groups in total. The van der Waals surface area contributed by atoms with Crippen LogP contribution in [0.15, 0.2) is 18.2 Å². The quantitative estimate of drug-likeness (QED) is 0.718. The first-order valence-corrected chi connectivity index (χ1v) is 8.64. The summed E-state index contributed by atoms with van der Waals surface area (Å²) in [4.78, 5) is 24.4. The fraction of sp³-hybridized carbons (Fsp3) is 0.556. The van der Waals surface area contributed by atoms with Crippen LogP contribution < -0.4 is 20.7 Å². The summed E-state index contributed by atoms with van der Waals surface area (Å²) in [6.45, 7) is 8.36. The summed E-state index contributed by atoms with van der Waals surface area (Å²) in [5.74, 6) is -0.857. The lowest BCUT2D eigenvalue weighted by Crippen LogP contribution is -2.62. The van der Waals surface area contributed by atoms with Crippen molar-refractivity contribution < 1.29 is 14.3 Å². The van der Waals surface area contributed by atoms with E-state index in [0.29, 0.717) is 16.5 Å². The lowest BCUT2D eigenvalue weighted by atomic mass is 9.79. The molecule has 0 radical (unpaired) electrons. The largest absolute Gasteiger partial charge is 0.495 e. The van der Waals surface area contributed by atoms with E-state index in [9.17, 15) is 9.59 Å². The van der Waals surface area contributed by atoms with Gasteiger partial charge in [0.05, 0.1) is 12.1 Å². The van der Waals surface area contributed by atoms with E-state index in [1.807, 2.05) is 0 Å². The van der Waals surface area contributed by atoms with E-state index >= 15 is 0 Å². The maximum absolute atomic E-state index is 12.2. The highest BCUT2D eigenvalue weighted by molar-refractivity contribution is 6.40. The van der Waals surface area contributed by atoms with Crippen LogP contribution >= 0.6 is 11.6 Å². The first-order valence-electron chi connectivity index (χ1n) is 8.26. The smallest absolute Gasteiger partial charge is 0.313 e. The summed E-state index contributed by atoms with van der Waals surface area (Å²) in [5, 5.41) is 9.30. The van der Waals surface area contributed by atoms with Crippen LogP contribution in [0.4, 0.5) is 5.69 Å². The number of methoxy groups -OCH3 is 1. The zero-order valence-electron chi connectivity index (χ0n) is 15.3. The van der Waals surface area contributed by atoms with E-state index in [2.05, 4.69) is 43.6 Å². The van der Waals surface area contributed by atoms with Gasteiger partial charge in [0.2, 0.25) is 0 Å². The van der Waals surface area contributed by atoms with Gasteiger partial charge in [-0.05, 0) is 58.7 Å². The zero-order valence-corrected chi connectivity index (χ0v) is 16.1. The number of hydrogen-bond acceptors (Lipinski definition) is 4. The van der Waals surface area contributed by atoms with E-state index in [1.165, 1.54) is 7.11 Å². The second kappa shape index (κ2) is 7.22. The minimum absolute atomic E-state index is 0.0658. The molecule has 1 aliphatic rings. The highest BCUT2D eigenvalue weighted by Gasteiger charge is 2.38. The molecule has 6 nitrogen and oxygen atoms in total. The molecular formula is C18H26ClN3O3. The normalized spacial score (nSPS) is 19.1. The third kappa shape index (κ3) is 5.34. The Hall–Kier alpha value is -1.79. The summed E-state index contributed by atoms with van der Waals surface area (Å²) < 4.78 is 5.06. The van der Waals surface area contributed by atoms with Crippen molar-refractivity contribution in [1.29, 1.82) is 0 Å². The molecule has 7 heteroatoms. The summed E-state index contributed by atoms with van der Waals surface area (Å²) in [6.07, 6.45) is 1.51. The molecule has 0 atom stereocenters. The summed E-state index contributed by atoms with van der Waals surface area (Å²) in [6, 6.07) is 4.74. The Morgan fingerprint density at radius 2 is 1.76 bits per heavy atom. The van der Waals surface area contributed by atoms with E-state index in [-0.39, 0.29) is 17.1 Å². The number of rotatable bonds is 3. The van der Waals surface area contributed by atoms with Gasteiger partial charge in [0, 0.05) is 22.8 Å². The fourth-order valence-corrected chi connectivity index (χ4v) is 3.86. The van der Waals surface area contributed by atoms with Gasteiger partial charge < -0.3 is 20.7 Å². The summed E-state index contributed by atoms with van der Waals surface area (Å²) in [5.41, 5.74) is 0.219. The highest BCUT2D eigenvalue weighted by Crippen LogP contribution is 2.29. The van der Waals surface area contributed by atoms with Crippen molar-refractivity contribution in [2.75, 3.05) is 12.4 Å². The molecule has 1 saturated heterocycles. The number of carbonyl (C=O) groups is 2. The molecule has 0 aliphatic carbocycles. The van der Waals surface area contributed by atoms with Gasteiger partial charge in [-0.25, -0.2) is 0 Å². The van der Waals surface area contributed by atoms with Crippen molar-refractivity contribution in [1.82, 2.24) is 10.6 Å². The number of amides is 2. The van der Waals surface area contributed by atoms with Crippen LogP contribution in [0.2, 0.25) is 5.02 Å². The predicted molar refractivity (Wildman–Crippen MR) is 99.1 cm³/mol. The Bertz CT molecular complexity index is 658. The van der Waals surface area contributed by atoms with Crippen LogP contribution in [0.3, 0.4) is 0 Å². The summed E-state index contributed by atoms with van der Waals surface area (Å²) >= 11 is 6.03. The molecule has 0 saturated carbocycles. The molecular weight excluding hydrogens is 342 g/mol. The van der Waals surface area contributed by atoms with E-state index in [4.69, 9.17) is 16.3 Å². The van der Waals surface area contributed by atoms with Gasteiger partial charge in [-0.3, -0.25) is 9.59 Å². The molecule has 1 heterocycles. The molecule has 1 aromatic carbocycles. The molecule has 0 spiro atoms. The lowest BCUT2D eigenvalue weighted by molar-refractivity contribution is -0.137. The summed E-state index contributed by atoms with van der Waals surface area (Å²) in [7, 11) is 1.51. The molecule has 138 valence electrons. The molecule has 1 aromatic rings. The number of anilines is 1. The van der Waals surface area contributed by atoms with Gasteiger partial charge in [0.1, 0.15) is 5.75 Å². The Balaban J connectivity index is 1.98. The minimum Gasteiger partial charge on any atom is -0.495 e. The SMILES string of the molecule is COc1ccc(NC(=O)C(=O)NC2CC(C)(C)NC(C)(C)C2)cc1Cl. The molecule has 0 unspecified atom stereocenters. The van der Waals surface area contributed by atoms with Crippen LogP contribution in [-0.2, 0) is 9.59 Å². The van der Waals surface area contributed by atoms with E-state index in [0.717, 1.165) is 12.8 Å². The van der Waals surface area contributed by atoms with Crippen molar-refractivity contribution in [3.05, 3.63) is 23.2 Å². The van der Waals surface area contributed by atoms with E-state index in [1.54, 1.807) is 18.2 Å². The van der Waals surface area contributed by atoms with Gasteiger partial charge in [-0.15, -0.1) is 0 Å². The van der Waals surface area contributed by atoms with Gasteiger partial charge >= 0.3 is 11.8 Å². The number of nitrogens with one attached hydrogen (secondary N) is 3. The second-order valence-electron chi connectivity index (χ2n) is 7.77. The average molecular weight is 368 g/mol. The number of carbonyl (C=O) groups excluding carboxylic acids is 2. The number of halogens is 1. The Morgan fingerprint density at radius 1 is 1.16 bits per heavy atom. The van der Waals surface area contributed by atoms with E-state index < -0.39 is 11.8 Å². The molecule has 2 rings (SSSR count). The van der Waals surface area contributed by atoms with Crippen LogP contribution in [0, 0.1) is 0 Å². The second-order valence-corrected chi connectivity index (χ2v) is 8.18. The monoisotopic (exact) mass is 367 g/mol. The van der Waals surface area contributed by atoms with Crippen LogP contribution in [-0.4, -0.2) is 36.0 Å². The molecule has 2 amide bonds. The molecule has 0 aromatic heterocycles. The Kier molecular flexibility index (Phi) is 5.64. The van der Waals surface area contributed by atoms with Crippen molar-refractivity contribution in [2.45, 2.75) is 57.7 Å². The standard InChI is InChI=1S/C18H26ClN3O3/c1-17(2)9-12(10-18(3,4)22-17)21-16(24)15(23)20-11-6-7-14(25-5)13(19)8-11/h6-8,12,22H,9-10H2,1-5H3,(H,20,23)(H,21,24). The van der Waals surface area contributed by atoms with Gasteiger partial charge in [-0.1, -0.05) is 11.6 Å². The van der Waals surface area contributed by atoms with Gasteiger partial charge in [-0.2, -0.15) is 0 Å². The predicted octanol–water partition coefficient (Wildman–Crippen LogP) is 2.71. The first-order chi connectivity index (χ1) is 11.5. The molecule has 1 aliphatic heterocycles. The minimum atomic E-state index is -0.713. The average Bonchev–Trinajstić information content (AvgIpc) is 2.43. The van der Waals surface area contributed by atoms with Crippen molar-refractivity contribution in [3.8, 4) is 5.75 Å². The van der Waals surface area contributed by atoms with Crippen LogP contribution in [0.5, 0.6) is 5.75 Å². The maximum atomic E-state index is 12.2. The Labute approximate surface area is 153 Å². The third-order valence-corrected chi connectivity index (χ3v) is 4.44.